The van der Waals surface area contributed by atoms with Gasteiger partial charge in [-0.05, 0) is 29.8 Å². The molecule has 0 radical (unpaired) electrons. The van der Waals surface area contributed by atoms with Crippen LogP contribution in [0.25, 0.3) is 0 Å². The third-order valence-electron chi connectivity index (χ3n) is 2.89. The van der Waals surface area contributed by atoms with E-state index in [-0.39, 0.29) is 12.3 Å². The number of nitro benzene ring substituents is 1. The van der Waals surface area contributed by atoms with E-state index in [1.807, 2.05) is 0 Å². The fraction of sp³-hybridized carbons (Fsp3) is 0.133. The van der Waals surface area contributed by atoms with Crippen molar-refractivity contribution in [2.75, 3.05) is 7.11 Å². The molecule has 0 fully saturated rings. The Morgan fingerprint density at radius 1 is 1.19 bits per heavy atom. The van der Waals surface area contributed by atoms with Gasteiger partial charge in [0.2, 0.25) is 0 Å². The van der Waals surface area contributed by atoms with E-state index in [1.54, 1.807) is 30.3 Å². The molecule has 0 saturated heterocycles. The van der Waals surface area contributed by atoms with E-state index in [0.29, 0.717) is 23.3 Å². The van der Waals surface area contributed by atoms with Gasteiger partial charge in [-0.15, -0.1) is 0 Å². The lowest BCUT2D eigenvalue weighted by Gasteiger charge is -2.12. The molecule has 0 bridgehead atoms. The standard InChI is InChI=1S/C15H13NO5/c1-20-14-4-2-3-12(9-17)15(14)21-10-11-5-7-13(8-6-11)16(18)19/h2-9H,10H2,1H3. The molecule has 0 aliphatic rings. The molecule has 6 heteroatoms. The lowest BCUT2D eigenvalue weighted by Crippen LogP contribution is -2.01. The maximum atomic E-state index is 11.0. The lowest BCUT2D eigenvalue weighted by molar-refractivity contribution is -0.384. The minimum atomic E-state index is -0.463. The normalized spacial score (nSPS) is 9.95. The van der Waals surface area contributed by atoms with Gasteiger partial charge in [0.25, 0.3) is 5.69 Å². The largest absolute Gasteiger partial charge is 0.493 e. The molecular formula is C15H13NO5. The second kappa shape index (κ2) is 6.51. The molecule has 0 amide bonds. The van der Waals surface area contributed by atoms with Crippen molar-refractivity contribution in [1.82, 2.24) is 0 Å². The van der Waals surface area contributed by atoms with Crippen LogP contribution >= 0.6 is 0 Å². The molecular weight excluding hydrogens is 274 g/mol. The molecule has 0 unspecified atom stereocenters. The highest BCUT2D eigenvalue weighted by molar-refractivity contribution is 5.81. The van der Waals surface area contributed by atoms with Gasteiger partial charge in [0.1, 0.15) is 6.61 Å². The van der Waals surface area contributed by atoms with Crippen LogP contribution in [0.5, 0.6) is 11.5 Å². The van der Waals surface area contributed by atoms with Crippen LogP contribution in [0.3, 0.4) is 0 Å². The summed E-state index contributed by atoms with van der Waals surface area (Å²) in [4.78, 5) is 21.1. The van der Waals surface area contributed by atoms with Crippen molar-refractivity contribution in [2.45, 2.75) is 6.61 Å². The first-order valence-electron chi connectivity index (χ1n) is 6.14. The molecule has 0 aromatic heterocycles. The van der Waals surface area contributed by atoms with E-state index in [1.165, 1.54) is 19.2 Å². The van der Waals surface area contributed by atoms with Crippen LogP contribution in [0.15, 0.2) is 42.5 Å². The summed E-state index contributed by atoms with van der Waals surface area (Å²) in [5, 5.41) is 10.6. The molecule has 0 saturated carbocycles. The van der Waals surface area contributed by atoms with Crippen molar-refractivity contribution in [1.29, 1.82) is 0 Å². The molecule has 2 aromatic carbocycles. The highest BCUT2D eigenvalue weighted by Gasteiger charge is 2.11. The average molecular weight is 287 g/mol. The number of methoxy groups -OCH3 is 1. The van der Waals surface area contributed by atoms with Gasteiger partial charge in [0, 0.05) is 12.1 Å². The van der Waals surface area contributed by atoms with Gasteiger partial charge in [-0.2, -0.15) is 0 Å². The maximum absolute atomic E-state index is 11.0. The molecule has 0 N–H and O–H groups in total. The molecule has 2 rings (SSSR count). The Kier molecular flexibility index (Phi) is 4.50. The summed E-state index contributed by atoms with van der Waals surface area (Å²) < 4.78 is 10.8. The van der Waals surface area contributed by atoms with Crippen molar-refractivity contribution >= 4 is 12.0 Å². The Hall–Kier alpha value is -2.89. The van der Waals surface area contributed by atoms with Crippen molar-refractivity contribution in [3.05, 3.63) is 63.7 Å². The van der Waals surface area contributed by atoms with Gasteiger partial charge in [0.15, 0.2) is 17.8 Å². The Morgan fingerprint density at radius 2 is 1.90 bits per heavy atom. The van der Waals surface area contributed by atoms with E-state index in [2.05, 4.69) is 0 Å². The molecule has 21 heavy (non-hydrogen) atoms. The maximum Gasteiger partial charge on any atom is 0.269 e. The summed E-state index contributed by atoms with van der Waals surface area (Å²) in [6, 6.07) is 11.0. The molecule has 0 aliphatic heterocycles. The molecule has 0 aliphatic carbocycles. The predicted molar refractivity (Wildman–Crippen MR) is 75.8 cm³/mol. The number of para-hydroxylation sites is 1. The summed E-state index contributed by atoms with van der Waals surface area (Å²) >= 11 is 0. The number of nitrogens with zero attached hydrogens (tertiary/aromatic N) is 1. The van der Waals surface area contributed by atoms with Gasteiger partial charge in [-0.1, -0.05) is 6.07 Å². The SMILES string of the molecule is COc1cccc(C=O)c1OCc1ccc([N+](=O)[O-])cc1. The van der Waals surface area contributed by atoms with E-state index in [9.17, 15) is 14.9 Å². The van der Waals surface area contributed by atoms with Crippen molar-refractivity contribution in [3.63, 3.8) is 0 Å². The zero-order chi connectivity index (χ0) is 15.2. The molecule has 2 aromatic rings. The number of benzene rings is 2. The van der Waals surface area contributed by atoms with E-state index in [0.717, 1.165) is 5.56 Å². The van der Waals surface area contributed by atoms with Crippen LogP contribution in [0.4, 0.5) is 5.69 Å². The third kappa shape index (κ3) is 3.36. The van der Waals surface area contributed by atoms with Crippen LogP contribution in [-0.4, -0.2) is 18.3 Å². The fourth-order valence-electron chi connectivity index (χ4n) is 1.81. The number of ether oxygens (including phenoxy) is 2. The van der Waals surface area contributed by atoms with Gasteiger partial charge in [0.05, 0.1) is 17.6 Å². The lowest BCUT2D eigenvalue weighted by atomic mass is 10.2. The van der Waals surface area contributed by atoms with Gasteiger partial charge >= 0.3 is 0 Å². The molecule has 0 atom stereocenters. The Labute approximate surface area is 121 Å². The van der Waals surface area contributed by atoms with Gasteiger partial charge in [-0.25, -0.2) is 0 Å². The van der Waals surface area contributed by atoms with Crippen LogP contribution < -0.4 is 9.47 Å². The predicted octanol–water partition coefficient (Wildman–Crippen LogP) is 2.99. The Balaban J connectivity index is 2.16. The number of hydrogen-bond acceptors (Lipinski definition) is 5. The van der Waals surface area contributed by atoms with Crippen LogP contribution in [0.2, 0.25) is 0 Å². The second-order valence-corrected chi connectivity index (χ2v) is 4.21. The van der Waals surface area contributed by atoms with E-state index in [4.69, 9.17) is 9.47 Å². The van der Waals surface area contributed by atoms with Crippen LogP contribution in [-0.2, 0) is 6.61 Å². The summed E-state index contributed by atoms with van der Waals surface area (Å²) in [5.41, 5.74) is 1.16. The second-order valence-electron chi connectivity index (χ2n) is 4.21. The zero-order valence-electron chi connectivity index (χ0n) is 11.3. The third-order valence-corrected chi connectivity index (χ3v) is 2.89. The smallest absolute Gasteiger partial charge is 0.269 e. The Bertz CT molecular complexity index is 652. The quantitative estimate of drug-likeness (QED) is 0.463. The molecule has 0 heterocycles. The molecule has 108 valence electrons. The molecule has 0 spiro atoms. The van der Waals surface area contributed by atoms with Crippen molar-refractivity contribution in [2.24, 2.45) is 0 Å². The number of rotatable bonds is 6. The highest BCUT2D eigenvalue weighted by atomic mass is 16.6. The number of carbonyl (C=O) groups is 1. The zero-order valence-corrected chi connectivity index (χ0v) is 11.3. The number of aldehydes is 1. The van der Waals surface area contributed by atoms with Gasteiger partial charge in [-0.3, -0.25) is 14.9 Å². The number of hydrogen-bond donors (Lipinski definition) is 0. The van der Waals surface area contributed by atoms with Crippen molar-refractivity contribution in [3.8, 4) is 11.5 Å². The first-order valence-corrected chi connectivity index (χ1v) is 6.14. The van der Waals surface area contributed by atoms with Gasteiger partial charge < -0.3 is 9.47 Å². The summed E-state index contributed by atoms with van der Waals surface area (Å²) in [7, 11) is 1.49. The topological polar surface area (TPSA) is 78.7 Å². The number of nitro groups is 1. The first kappa shape index (κ1) is 14.5. The Morgan fingerprint density at radius 3 is 2.48 bits per heavy atom. The fourth-order valence-corrected chi connectivity index (χ4v) is 1.81. The minimum absolute atomic E-state index is 0.0182. The van der Waals surface area contributed by atoms with Crippen molar-refractivity contribution < 1.29 is 19.2 Å². The molecule has 6 nitrogen and oxygen atoms in total. The summed E-state index contributed by atoms with van der Waals surface area (Å²) in [6.45, 7) is 0.180. The van der Waals surface area contributed by atoms with E-state index >= 15 is 0 Å². The van der Waals surface area contributed by atoms with E-state index < -0.39 is 4.92 Å². The minimum Gasteiger partial charge on any atom is -0.493 e. The average Bonchev–Trinajstić information content (AvgIpc) is 2.52. The first-order chi connectivity index (χ1) is 10.2. The number of non-ortho nitro benzene ring substituents is 1. The van der Waals surface area contributed by atoms with Crippen LogP contribution in [0, 0.1) is 10.1 Å². The monoisotopic (exact) mass is 287 g/mol. The van der Waals surface area contributed by atoms with Crippen LogP contribution in [0.1, 0.15) is 15.9 Å². The highest BCUT2D eigenvalue weighted by Crippen LogP contribution is 2.30. The number of carbonyl (C=O) groups excluding carboxylic acids is 1. The summed E-state index contributed by atoms with van der Waals surface area (Å²) in [5.74, 6) is 0.815. The summed E-state index contributed by atoms with van der Waals surface area (Å²) in [6.07, 6.45) is 0.688.